The van der Waals surface area contributed by atoms with E-state index in [1.807, 2.05) is 29.6 Å². The average molecular weight is 372 g/mol. The van der Waals surface area contributed by atoms with Crippen LogP contribution in [0.2, 0.25) is 0 Å². The lowest BCUT2D eigenvalue weighted by Crippen LogP contribution is -2.17. The van der Waals surface area contributed by atoms with E-state index in [0.29, 0.717) is 4.90 Å². The summed E-state index contributed by atoms with van der Waals surface area (Å²) in [5.74, 6) is -0.169. The fourth-order valence-corrected chi connectivity index (χ4v) is 3.69. The number of nitro groups is 1. The highest BCUT2D eigenvalue weighted by Gasteiger charge is 2.18. The molecular formula is C17H12N2O4S2. The Kier molecular flexibility index (Phi) is 5.01. The number of hydrogen-bond acceptors (Lipinski definition) is 6. The number of nitro benzene ring substituents is 1. The van der Waals surface area contributed by atoms with E-state index in [-0.39, 0.29) is 11.4 Å². The van der Waals surface area contributed by atoms with Gasteiger partial charge in [0.05, 0.1) is 4.92 Å². The van der Waals surface area contributed by atoms with Gasteiger partial charge < -0.3 is 10.5 Å². The van der Waals surface area contributed by atoms with Gasteiger partial charge in [-0.15, -0.1) is 0 Å². The van der Waals surface area contributed by atoms with Crippen LogP contribution in [-0.4, -0.2) is 11.0 Å². The number of thiophene rings is 1. The molecule has 8 heteroatoms. The molecule has 3 rings (SSSR count). The zero-order valence-electron chi connectivity index (χ0n) is 12.7. The lowest BCUT2D eigenvalue weighted by Gasteiger charge is -2.06. The predicted octanol–water partition coefficient (Wildman–Crippen LogP) is 4.93. The SMILES string of the molecule is NC(=O)Oc1cc(Sc2ccc(-c3ccsc3)cc2)ccc1[N+](=O)[O-]. The van der Waals surface area contributed by atoms with E-state index in [1.165, 1.54) is 23.9 Å². The highest BCUT2D eigenvalue weighted by Crippen LogP contribution is 2.36. The summed E-state index contributed by atoms with van der Waals surface area (Å²) in [6.45, 7) is 0. The van der Waals surface area contributed by atoms with Crippen LogP contribution in [0.5, 0.6) is 5.75 Å². The second-order valence-electron chi connectivity index (χ2n) is 4.95. The monoisotopic (exact) mass is 372 g/mol. The van der Waals surface area contributed by atoms with Crippen LogP contribution in [-0.2, 0) is 0 Å². The first kappa shape index (κ1) is 17.0. The number of benzene rings is 2. The summed E-state index contributed by atoms with van der Waals surface area (Å²) in [5, 5.41) is 15.1. The Morgan fingerprint density at radius 3 is 2.40 bits per heavy atom. The molecule has 0 saturated carbocycles. The Balaban J connectivity index is 1.82. The molecule has 0 spiro atoms. The van der Waals surface area contributed by atoms with E-state index >= 15 is 0 Å². The van der Waals surface area contributed by atoms with Crippen molar-refractivity contribution in [1.82, 2.24) is 0 Å². The molecule has 2 aromatic carbocycles. The minimum absolute atomic E-state index is 0.169. The van der Waals surface area contributed by atoms with Crippen LogP contribution >= 0.6 is 23.1 Å². The highest BCUT2D eigenvalue weighted by atomic mass is 32.2. The first-order chi connectivity index (χ1) is 12.0. The lowest BCUT2D eigenvalue weighted by atomic mass is 10.1. The van der Waals surface area contributed by atoms with Gasteiger partial charge in [0.25, 0.3) is 0 Å². The minimum Gasteiger partial charge on any atom is -0.403 e. The van der Waals surface area contributed by atoms with Gasteiger partial charge in [-0.3, -0.25) is 10.1 Å². The smallest absolute Gasteiger partial charge is 0.403 e. The van der Waals surface area contributed by atoms with Crippen molar-refractivity contribution in [2.45, 2.75) is 9.79 Å². The van der Waals surface area contributed by atoms with Gasteiger partial charge in [0.15, 0.2) is 0 Å². The standard InChI is InChI=1S/C17H12N2O4S2/c18-17(20)23-16-9-14(5-6-15(16)19(21)22)25-13-3-1-11(2-4-13)12-7-8-24-10-12/h1-10H,(H2,18,20). The van der Waals surface area contributed by atoms with Crippen LogP contribution in [0.15, 0.2) is 69.1 Å². The van der Waals surface area contributed by atoms with E-state index in [9.17, 15) is 14.9 Å². The molecule has 6 nitrogen and oxygen atoms in total. The molecule has 2 N–H and O–H groups in total. The maximum absolute atomic E-state index is 11.0. The molecule has 0 bridgehead atoms. The van der Waals surface area contributed by atoms with Gasteiger partial charge in [-0.2, -0.15) is 11.3 Å². The summed E-state index contributed by atoms with van der Waals surface area (Å²) in [6.07, 6.45) is -1.09. The maximum atomic E-state index is 11.0. The Labute approximate surface area is 151 Å². The van der Waals surface area contributed by atoms with Gasteiger partial charge in [-0.25, -0.2) is 4.79 Å². The Morgan fingerprint density at radius 2 is 1.80 bits per heavy atom. The highest BCUT2D eigenvalue weighted by molar-refractivity contribution is 7.99. The maximum Gasteiger partial charge on any atom is 0.410 e. The van der Waals surface area contributed by atoms with Gasteiger partial charge in [-0.05, 0) is 46.2 Å². The first-order valence-electron chi connectivity index (χ1n) is 7.09. The molecule has 0 unspecified atom stereocenters. The second-order valence-corrected chi connectivity index (χ2v) is 6.87. The van der Waals surface area contributed by atoms with Gasteiger partial charge in [0, 0.05) is 21.9 Å². The molecule has 3 aromatic rings. The largest absolute Gasteiger partial charge is 0.410 e. The van der Waals surface area contributed by atoms with Crippen LogP contribution < -0.4 is 10.5 Å². The summed E-state index contributed by atoms with van der Waals surface area (Å²) in [5.41, 5.74) is 6.94. The van der Waals surface area contributed by atoms with Crippen molar-refractivity contribution < 1.29 is 14.5 Å². The molecule has 0 atom stereocenters. The minimum atomic E-state index is -1.09. The van der Waals surface area contributed by atoms with Crippen molar-refractivity contribution in [2.75, 3.05) is 0 Å². The van der Waals surface area contributed by atoms with Crippen LogP contribution in [0.3, 0.4) is 0 Å². The molecule has 0 aliphatic heterocycles. The Morgan fingerprint density at radius 1 is 1.08 bits per heavy atom. The van der Waals surface area contributed by atoms with Gasteiger partial charge in [-0.1, -0.05) is 23.9 Å². The molecule has 1 heterocycles. The van der Waals surface area contributed by atoms with Crippen molar-refractivity contribution in [2.24, 2.45) is 5.73 Å². The van der Waals surface area contributed by atoms with Crippen LogP contribution in [0, 0.1) is 10.1 Å². The molecule has 1 amide bonds. The molecule has 0 aliphatic rings. The van der Waals surface area contributed by atoms with Crippen molar-refractivity contribution in [3.05, 3.63) is 69.4 Å². The number of primary amides is 1. The number of ether oxygens (including phenoxy) is 1. The summed E-state index contributed by atoms with van der Waals surface area (Å²) in [4.78, 5) is 23.0. The molecule has 126 valence electrons. The molecule has 25 heavy (non-hydrogen) atoms. The second kappa shape index (κ2) is 7.37. The lowest BCUT2D eigenvalue weighted by molar-refractivity contribution is -0.385. The van der Waals surface area contributed by atoms with Gasteiger partial charge in [0.1, 0.15) is 0 Å². The van der Waals surface area contributed by atoms with Gasteiger partial charge >= 0.3 is 11.8 Å². The topological polar surface area (TPSA) is 95.5 Å². The summed E-state index contributed by atoms with van der Waals surface area (Å²) < 4.78 is 4.74. The number of amides is 1. The Bertz CT molecular complexity index is 909. The number of carbonyl (C=O) groups is 1. The zero-order chi connectivity index (χ0) is 17.8. The molecular weight excluding hydrogens is 360 g/mol. The fraction of sp³-hybridized carbons (Fsp3) is 0. The van der Waals surface area contributed by atoms with Crippen LogP contribution in [0.1, 0.15) is 0 Å². The molecule has 0 aliphatic carbocycles. The third-order valence-electron chi connectivity index (χ3n) is 3.28. The van der Waals surface area contributed by atoms with E-state index in [0.717, 1.165) is 16.0 Å². The zero-order valence-corrected chi connectivity index (χ0v) is 14.4. The third kappa shape index (κ3) is 4.17. The van der Waals surface area contributed by atoms with E-state index in [2.05, 4.69) is 11.4 Å². The first-order valence-corrected chi connectivity index (χ1v) is 8.85. The summed E-state index contributed by atoms with van der Waals surface area (Å²) >= 11 is 3.04. The number of nitrogens with zero attached hydrogens (tertiary/aromatic N) is 1. The number of nitrogens with two attached hydrogens (primary N) is 1. The van der Waals surface area contributed by atoms with Crippen LogP contribution in [0.25, 0.3) is 11.1 Å². The van der Waals surface area contributed by atoms with Crippen molar-refractivity contribution in [3.63, 3.8) is 0 Å². The quantitative estimate of drug-likeness (QED) is 0.506. The number of carbonyl (C=O) groups excluding carboxylic acids is 1. The third-order valence-corrected chi connectivity index (χ3v) is 4.96. The van der Waals surface area contributed by atoms with E-state index in [1.54, 1.807) is 17.4 Å². The fourth-order valence-electron chi connectivity index (χ4n) is 2.18. The number of hydrogen-bond donors (Lipinski definition) is 1. The number of rotatable bonds is 5. The molecule has 1 aromatic heterocycles. The van der Waals surface area contributed by atoms with E-state index in [4.69, 9.17) is 10.5 Å². The summed E-state index contributed by atoms with van der Waals surface area (Å²) in [6, 6.07) is 14.3. The van der Waals surface area contributed by atoms with Gasteiger partial charge in [0.2, 0.25) is 5.75 Å². The van der Waals surface area contributed by atoms with Crippen molar-refractivity contribution in [1.29, 1.82) is 0 Å². The molecule has 0 fully saturated rings. The molecule has 0 saturated heterocycles. The molecule has 0 radical (unpaired) electrons. The normalized spacial score (nSPS) is 10.4. The predicted molar refractivity (Wildman–Crippen MR) is 97.2 cm³/mol. The van der Waals surface area contributed by atoms with E-state index < -0.39 is 11.0 Å². The summed E-state index contributed by atoms with van der Waals surface area (Å²) in [7, 11) is 0. The van der Waals surface area contributed by atoms with Crippen molar-refractivity contribution in [3.8, 4) is 16.9 Å². The average Bonchev–Trinajstić information content (AvgIpc) is 3.09. The van der Waals surface area contributed by atoms with Crippen LogP contribution in [0.4, 0.5) is 10.5 Å². The Hall–Kier alpha value is -2.84. The van der Waals surface area contributed by atoms with Crippen molar-refractivity contribution >= 4 is 34.9 Å².